The monoisotopic (exact) mass is 243 g/mol. The highest BCUT2D eigenvalue weighted by atomic mass is 19.1. The molecule has 0 saturated carbocycles. The number of methoxy groups -OCH3 is 1. The maximum Gasteiger partial charge on any atom is 0.306 e. The van der Waals surface area contributed by atoms with Gasteiger partial charge < -0.3 is 20.3 Å². The number of nitrogens with one attached hydrogen (secondary N) is 1. The second-order valence-electron chi connectivity index (χ2n) is 3.48. The van der Waals surface area contributed by atoms with Crippen LogP contribution in [0.4, 0.5) is 10.1 Å². The first-order valence-electron chi connectivity index (χ1n) is 5.00. The number of ether oxygens (including phenoxy) is 1. The molecule has 94 valence electrons. The Kier molecular flexibility index (Phi) is 4.71. The molecule has 0 saturated heterocycles. The SMILES string of the molecule is COc1cc(NCC(O)CC(=O)O)ccc1F. The van der Waals surface area contributed by atoms with Crippen LogP contribution in [0, 0.1) is 5.82 Å². The molecule has 5 nitrogen and oxygen atoms in total. The summed E-state index contributed by atoms with van der Waals surface area (Å²) in [4.78, 5) is 10.3. The van der Waals surface area contributed by atoms with Crippen molar-refractivity contribution in [2.24, 2.45) is 0 Å². The lowest BCUT2D eigenvalue weighted by molar-refractivity contribution is -0.138. The summed E-state index contributed by atoms with van der Waals surface area (Å²) in [6.07, 6.45) is -1.34. The van der Waals surface area contributed by atoms with E-state index in [1.165, 1.54) is 25.3 Å². The Hall–Kier alpha value is -1.82. The molecule has 17 heavy (non-hydrogen) atoms. The zero-order chi connectivity index (χ0) is 12.8. The number of carboxylic acids is 1. The molecule has 1 rings (SSSR count). The fraction of sp³-hybridized carbons (Fsp3) is 0.364. The molecular formula is C11H14FNO4. The van der Waals surface area contributed by atoms with Gasteiger partial charge in [0.05, 0.1) is 19.6 Å². The van der Waals surface area contributed by atoms with E-state index in [0.717, 1.165) is 0 Å². The number of hydrogen-bond acceptors (Lipinski definition) is 4. The number of carboxylic acid groups (broad SMARTS) is 1. The van der Waals surface area contributed by atoms with Gasteiger partial charge in [-0.1, -0.05) is 0 Å². The van der Waals surface area contributed by atoms with Gasteiger partial charge in [0, 0.05) is 18.3 Å². The normalized spacial score (nSPS) is 11.9. The van der Waals surface area contributed by atoms with Gasteiger partial charge in [-0.25, -0.2) is 4.39 Å². The van der Waals surface area contributed by atoms with E-state index in [4.69, 9.17) is 9.84 Å². The second-order valence-corrected chi connectivity index (χ2v) is 3.48. The molecule has 0 aromatic heterocycles. The molecule has 1 unspecified atom stereocenters. The van der Waals surface area contributed by atoms with Gasteiger partial charge in [-0.15, -0.1) is 0 Å². The molecule has 1 atom stereocenters. The van der Waals surface area contributed by atoms with Crippen LogP contribution in [0.25, 0.3) is 0 Å². The van der Waals surface area contributed by atoms with Crippen molar-refractivity contribution < 1.29 is 24.1 Å². The van der Waals surface area contributed by atoms with Crippen molar-refractivity contribution in [1.82, 2.24) is 0 Å². The van der Waals surface area contributed by atoms with Crippen LogP contribution in [-0.2, 0) is 4.79 Å². The van der Waals surface area contributed by atoms with Gasteiger partial charge in [0.2, 0.25) is 0 Å². The van der Waals surface area contributed by atoms with Crippen LogP contribution in [-0.4, -0.2) is 35.9 Å². The predicted molar refractivity (Wildman–Crippen MR) is 59.7 cm³/mol. The Morgan fingerprint density at radius 1 is 1.59 bits per heavy atom. The van der Waals surface area contributed by atoms with E-state index in [0.29, 0.717) is 5.69 Å². The van der Waals surface area contributed by atoms with Gasteiger partial charge in [0.1, 0.15) is 0 Å². The molecule has 0 spiro atoms. The highest BCUT2D eigenvalue weighted by Crippen LogP contribution is 2.21. The fourth-order valence-corrected chi connectivity index (χ4v) is 1.28. The van der Waals surface area contributed by atoms with E-state index in [2.05, 4.69) is 5.32 Å². The van der Waals surface area contributed by atoms with Gasteiger partial charge in [-0.2, -0.15) is 0 Å². The largest absolute Gasteiger partial charge is 0.494 e. The summed E-state index contributed by atoms with van der Waals surface area (Å²) in [5.74, 6) is -1.47. The molecule has 1 aromatic carbocycles. The minimum absolute atomic E-state index is 0.0705. The third kappa shape index (κ3) is 4.28. The lowest BCUT2D eigenvalue weighted by Gasteiger charge is -2.11. The van der Waals surface area contributed by atoms with Crippen LogP contribution < -0.4 is 10.1 Å². The number of benzene rings is 1. The van der Waals surface area contributed by atoms with Gasteiger partial charge in [-0.05, 0) is 12.1 Å². The third-order valence-electron chi connectivity index (χ3n) is 2.10. The standard InChI is InChI=1S/C11H14FNO4/c1-17-10-4-7(2-3-9(10)12)13-6-8(14)5-11(15)16/h2-4,8,13-14H,5-6H2,1H3,(H,15,16). The van der Waals surface area contributed by atoms with Crippen molar-refractivity contribution in [2.75, 3.05) is 19.0 Å². The number of aliphatic hydroxyl groups excluding tert-OH is 1. The summed E-state index contributed by atoms with van der Waals surface area (Å²) >= 11 is 0. The maximum atomic E-state index is 13.1. The summed E-state index contributed by atoms with van der Waals surface area (Å²) in [5.41, 5.74) is 0.549. The summed E-state index contributed by atoms with van der Waals surface area (Å²) in [6.45, 7) is 0.0705. The first-order valence-corrected chi connectivity index (χ1v) is 5.00. The van der Waals surface area contributed by atoms with E-state index < -0.39 is 17.9 Å². The fourth-order valence-electron chi connectivity index (χ4n) is 1.28. The molecule has 0 fully saturated rings. The Morgan fingerprint density at radius 2 is 2.29 bits per heavy atom. The Balaban J connectivity index is 2.54. The summed E-state index contributed by atoms with van der Waals surface area (Å²) in [7, 11) is 1.35. The first-order chi connectivity index (χ1) is 8.02. The van der Waals surface area contributed by atoms with Crippen LogP contribution in [0.5, 0.6) is 5.75 Å². The molecule has 3 N–H and O–H groups in total. The second kappa shape index (κ2) is 6.05. The number of aliphatic carboxylic acids is 1. The minimum Gasteiger partial charge on any atom is -0.494 e. The molecule has 6 heteroatoms. The van der Waals surface area contributed by atoms with Crippen molar-refractivity contribution in [3.05, 3.63) is 24.0 Å². The lowest BCUT2D eigenvalue weighted by Crippen LogP contribution is -2.22. The van der Waals surface area contributed by atoms with Crippen LogP contribution in [0.1, 0.15) is 6.42 Å². The van der Waals surface area contributed by atoms with Gasteiger partial charge in [0.25, 0.3) is 0 Å². The predicted octanol–water partition coefficient (Wildman–Crippen LogP) is 1.08. The number of rotatable bonds is 6. The van der Waals surface area contributed by atoms with Crippen LogP contribution in [0.3, 0.4) is 0 Å². The van der Waals surface area contributed by atoms with Gasteiger partial charge in [-0.3, -0.25) is 4.79 Å². The molecule has 0 heterocycles. The van der Waals surface area contributed by atoms with Crippen molar-refractivity contribution >= 4 is 11.7 Å². The number of carbonyl (C=O) groups is 1. The highest BCUT2D eigenvalue weighted by molar-refractivity contribution is 5.67. The third-order valence-corrected chi connectivity index (χ3v) is 2.10. The topological polar surface area (TPSA) is 78.8 Å². The van der Waals surface area contributed by atoms with Crippen molar-refractivity contribution in [3.8, 4) is 5.75 Å². The van der Waals surface area contributed by atoms with Crippen molar-refractivity contribution in [2.45, 2.75) is 12.5 Å². The van der Waals surface area contributed by atoms with Gasteiger partial charge >= 0.3 is 5.97 Å². The average molecular weight is 243 g/mol. The van der Waals surface area contributed by atoms with Crippen LogP contribution >= 0.6 is 0 Å². The molecule has 0 aliphatic carbocycles. The molecule has 0 amide bonds. The molecule has 0 radical (unpaired) electrons. The number of aliphatic hydroxyl groups is 1. The van der Waals surface area contributed by atoms with E-state index in [-0.39, 0.29) is 18.7 Å². The molecular weight excluding hydrogens is 229 g/mol. The summed E-state index contributed by atoms with van der Waals surface area (Å²) < 4.78 is 17.8. The van der Waals surface area contributed by atoms with E-state index in [9.17, 15) is 14.3 Å². The Morgan fingerprint density at radius 3 is 2.88 bits per heavy atom. The number of anilines is 1. The Labute approximate surface area is 97.8 Å². The highest BCUT2D eigenvalue weighted by Gasteiger charge is 2.09. The van der Waals surface area contributed by atoms with Crippen LogP contribution in [0.2, 0.25) is 0 Å². The smallest absolute Gasteiger partial charge is 0.306 e. The van der Waals surface area contributed by atoms with E-state index >= 15 is 0 Å². The van der Waals surface area contributed by atoms with Crippen molar-refractivity contribution in [3.63, 3.8) is 0 Å². The van der Waals surface area contributed by atoms with E-state index in [1.54, 1.807) is 0 Å². The molecule has 1 aromatic rings. The van der Waals surface area contributed by atoms with Crippen LogP contribution in [0.15, 0.2) is 18.2 Å². The number of hydrogen-bond donors (Lipinski definition) is 3. The Bertz CT molecular complexity index is 397. The summed E-state index contributed by atoms with van der Waals surface area (Å²) in [5, 5.41) is 20.5. The average Bonchev–Trinajstić information content (AvgIpc) is 2.27. The molecule has 0 aliphatic rings. The van der Waals surface area contributed by atoms with Gasteiger partial charge in [0.15, 0.2) is 11.6 Å². The zero-order valence-corrected chi connectivity index (χ0v) is 9.31. The maximum absolute atomic E-state index is 13.1. The zero-order valence-electron chi connectivity index (χ0n) is 9.31. The van der Waals surface area contributed by atoms with Crippen molar-refractivity contribution in [1.29, 1.82) is 0 Å². The first kappa shape index (κ1) is 13.2. The lowest BCUT2D eigenvalue weighted by atomic mass is 10.2. The van der Waals surface area contributed by atoms with E-state index in [1.807, 2.05) is 0 Å². The summed E-state index contributed by atoms with van der Waals surface area (Å²) in [6, 6.07) is 4.14. The number of halogens is 1. The molecule has 0 aliphatic heterocycles. The quantitative estimate of drug-likeness (QED) is 0.696. The minimum atomic E-state index is -1.07. The molecule has 0 bridgehead atoms.